The molecule has 0 heterocycles. The Morgan fingerprint density at radius 2 is 1.87 bits per heavy atom. The van der Waals surface area contributed by atoms with E-state index in [4.69, 9.17) is 5.26 Å². The molecule has 2 rings (SSSR count). The van der Waals surface area contributed by atoms with Gasteiger partial charge in [-0.2, -0.15) is 5.26 Å². The van der Waals surface area contributed by atoms with E-state index >= 15 is 0 Å². The van der Waals surface area contributed by atoms with Gasteiger partial charge in [0.2, 0.25) is 0 Å². The molecule has 0 aromatic heterocycles. The summed E-state index contributed by atoms with van der Waals surface area (Å²) >= 11 is 0. The van der Waals surface area contributed by atoms with Crippen LogP contribution < -0.4 is 0 Å². The van der Waals surface area contributed by atoms with Crippen molar-refractivity contribution in [1.82, 2.24) is 4.90 Å². The van der Waals surface area contributed by atoms with Crippen LogP contribution in [0.5, 0.6) is 0 Å². The first-order valence-electron chi connectivity index (χ1n) is 7.24. The first-order valence-corrected chi connectivity index (χ1v) is 7.24. The normalized spacial score (nSPS) is 11.6. The molecule has 0 radical (unpaired) electrons. The summed E-state index contributed by atoms with van der Waals surface area (Å²) in [5.74, 6) is -1.97. The van der Waals surface area contributed by atoms with E-state index in [1.54, 1.807) is 38.1 Å². The molecular weight excluding hydrogens is 298 g/mol. The zero-order valence-electron chi connectivity index (χ0n) is 12.9. The summed E-state index contributed by atoms with van der Waals surface area (Å²) in [5, 5.41) is 8.82. The molecule has 23 heavy (non-hydrogen) atoms. The lowest BCUT2D eigenvalue weighted by Gasteiger charge is -2.28. The third-order valence-electron chi connectivity index (χ3n) is 3.75. The van der Waals surface area contributed by atoms with Crippen LogP contribution in [-0.4, -0.2) is 17.4 Å². The second-order valence-electron chi connectivity index (χ2n) is 5.13. The highest BCUT2D eigenvalue weighted by atomic mass is 19.1. The molecular formula is C18H16F2N2O. The topological polar surface area (TPSA) is 44.1 Å². The summed E-state index contributed by atoms with van der Waals surface area (Å²) in [6.07, 6.45) is 0. The van der Waals surface area contributed by atoms with Crippen molar-refractivity contribution in [3.05, 3.63) is 70.8 Å². The fraction of sp³-hybridized carbons (Fsp3) is 0.222. The zero-order valence-corrected chi connectivity index (χ0v) is 12.9. The smallest absolute Gasteiger partial charge is 0.257 e. The van der Waals surface area contributed by atoms with E-state index in [0.29, 0.717) is 12.1 Å². The highest BCUT2D eigenvalue weighted by molar-refractivity contribution is 5.94. The zero-order chi connectivity index (χ0) is 17.0. The number of carbonyl (C=O) groups is 1. The van der Waals surface area contributed by atoms with Crippen molar-refractivity contribution in [2.24, 2.45) is 0 Å². The minimum Gasteiger partial charge on any atom is -0.332 e. The van der Waals surface area contributed by atoms with E-state index in [0.717, 1.165) is 23.8 Å². The van der Waals surface area contributed by atoms with E-state index in [1.807, 2.05) is 6.07 Å². The first-order chi connectivity index (χ1) is 11.0. The number of nitriles is 1. The van der Waals surface area contributed by atoms with Crippen molar-refractivity contribution in [2.45, 2.75) is 19.9 Å². The van der Waals surface area contributed by atoms with Gasteiger partial charge in [-0.25, -0.2) is 8.78 Å². The third-order valence-corrected chi connectivity index (χ3v) is 3.75. The summed E-state index contributed by atoms with van der Waals surface area (Å²) < 4.78 is 27.1. The summed E-state index contributed by atoms with van der Waals surface area (Å²) in [4.78, 5) is 14.0. The van der Waals surface area contributed by atoms with Gasteiger partial charge in [0.15, 0.2) is 0 Å². The van der Waals surface area contributed by atoms with Crippen LogP contribution in [0.25, 0.3) is 0 Å². The summed E-state index contributed by atoms with van der Waals surface area (Å²) in [6.45, 7) is 3.92. The van der Waals surface area contributed by atoms with Crippen LogP contribution in [0.15, 0.2) is 42.5 Å². The van der Waals surface area contributed by atoms with Gasteiger partial charge in [-0.3, -0.25) is 4.79 Å². The fourth-order valence-electron chi connectivity index (χ4n) is 2.43. The molecule has 118 valence electrons. The lowest BCUT2D eigenvalue weighted by atomic mass is 10.0. The second kappa shape index (κ2) is 7.01. The molecule has 1 amide bonds. The molecule has 0 fully saturated rings. The molecule has 2 aromatic rings. The standard InChI is InChI=1S/C18H16F2N2O/c1-3-22(12(2)14-6-4-13(11-21)5-7-14)18(23)16-10-15(19)8-9-17(16)20/h4-10,12H,3H2,1-2H3. The molecule has 0 bridgehead atoms. The van der Waals surface area contributed by atoms with Crippen LogP contribution in [0.4, 0.5) is 8.78 Å². The summed E-state index contributed by atoms with van der Waals surface area (Å²) in [5.41, 5.74) is 1.05. The minimum atomic E-state index is -0.748. The maximum absolute atomic E-state index is 13.8. The molecule has 0 aliphatic carbocycles. The van der Waals surface area contributed by atoms with E-state index in [9.17, 15) is 13.6 Å². The molecule has 0 aliphatic rings. The predicted octanol–water partition coefficient (Wildman–Crippen LogP) is 4.06. The van der Waals surface area contributed by atoms with E-state index in [2.05, 4.69) is 0 Å². The maximum Gasteiger partial charge on any atom is 0.257 e. The number of carbonyl (C=O) groups excluding carboxylic acids is 1. The molecule has 0 saturated carbocycles. The van der Waals surface area contributed by atoms with Crippen LogP contribution in [0.1, 0.15) is 41.4 Å². The average molecular weight is 314 g/mol. The Bertz CT molecular complexity index is 751. The monoisotopic (exact) mass is 314 g/mol. The Hall–Kier alpha value is -2.74. The molecule has 0 spiro atoms. The Labute approximate surface area is 133 Å². The number of hydrogen-bond acceptors (Lipinski definition) is 2. The third kappa shape index (κ3) is 3.54. The van der Waals surface area contributed by atoms with Crippen LogP contribution in [0, 0.1) is 23.0 Å². The molecule has 0 saturated heterocycles. The molecule has 5 heteroatoms. The largest absolute Gasteiger partial charge is 0.332 e. The molecule has 2 aromatic carbocycles. The Balaban J connectivity index is 2.32. The minimum absolute atomic E-state index is 0.285. The van der Waals surface area contributed by atoms with Gasteiger partial charge in [0, 0.05) is 6.54 Å². The lowest BCUT2D eigenvalue weighted by molar-refractivity contribution is 0.0697. The van der Waals surface area contributed by atoms with E-state index in [-0.39, 0.29) is 11.6 Å². The highest BCUT2D eigenvalue weighted by Crippen LogP contribution is 2.23. The van der Waals surface area contributed by atoms with Crippen molar-refractivity contribution in [1.29, 1.82) is 5.26 Å². The summed E-state index contributed by atoms with van der Waals surface area (Å²) in [6, 6.07) is 11.4. The van der Waals surface area contributed by atoms with Gasteiger partial charge in [0.1, 0.15) is 11.6 Å². The van der Waals surface area contributed by atoms with Gasteiger partial charge in [0.05, 0.1) is 23.2 Å². The number of rotatable bonds is 4. The molecule has 0 aliphatic heterocycles. The molecule has 0 N–H and O–H groups in total. The van der Waals surface area contributed by atoms with Crippen LogP contribution in [0.2, 0.25) is 0 Å². The lowest BCUT2D eigenvalue weighted by Crippen LogP contribution is -2.34. The number of nitrogens with zero attached hydrogens (tertiary/aromatic N) is 2. The van der Waals surface area contributed by atoms with Gasteiger partial charge in [-0.1, -0.05) is 12.1 Å². The number of halogens is 2. The predicted molar refractivity (Wildman–Crippen MR) is 82.6 cm³/mol. The van der Waals surface area contributed by atoms with Crippen molar-refractivity contribution < 1.29 is 13.6 Å². The Kier molecular flexibility index (Phi) is 5.07. The maximum atomic E-state index is 13.8. The van der Waals surface area contributed by atoms with Crippen LogP contribution in [-0.2, 0) is 0 Å². The van der Waals surface area contributed by atoms with Crippen molar-refractivity contribution >= 4 is 5.91 Å². The van der Waals surface area contributed by atoms with Crippen molar-refractivity contribution in [3.8, 4) is 6.07 Å². The van der Waals surface area contributed by atoms with Crippen LogP contribution >= 0.6 is 0 Å². The van der Waals surface area contributed by atoms with E-state index in [1.165, 1.54) is 4.90 Å². The molecule has 1 unspecified atom stereocenters. The van der Waals surface area contributed by atoms with Crippen molar-refractivity contribution in [2.75, 3.05) is 6.54 Å². The fourth-order valence-corrected chi connectivity index (χ4v) is 2.43. The molecule has 3 nitrogen and oxygen atoms in total. The Morgan fingerprint density at radius 1 is 1.22 bits per heavy atom. The number of hydrogen-bond donors (Lipinski definition) is 0. The summed E-state index contributed by atoms with van der Waals surface area (Å²) in [7, 11) is 0. The number of amides is 1. The SMILES string of the molecule is CCN(C(=O)c1cc(F)ccc1F)C(C)c1ccc(C#N)cc1. The highest BCUT2D eigenvalue weighted by Gasteiger charge is 2.24. The van der Waals surface area contributed by atoms with Gasteiger partial charge in [-0.05, 0) is 49.7 Å². The molecule has 1 atom stereocenters. The first kappa shape index (κ1) is 16.6. The Morgan fingerprint density at radius 3 is 2.43 bits per heavy atom. The van der Waals surface area contributed by atoms with Gasteiger partial charge >= 0.3 is 0 Å². The number of benzene rings is 2. The van der Waals surface area contributed by atoms with Crippen LogP contribution in [0.3, 0.4) is 0 Å². The quantitative estimate of drug-likeness (QED) is 0.854. The second-order valence-corrected chi connectivity index (χ2v) is 5.13. The van der Waals surface area contributed by atoms with E-state index < -0.39 is 17.5 Å². The average Bonchev–Trinajstić information content (AvgIpc) is 2.57. The van der Waals surface area contributed by atoms with Gasteiger partial charge in [0.25, 0.3) is 5.91 Å². The van der Waals surface area contributed by atoms with Gasteiger partial charge < -0.3 is 4.90 Å². The van der Waals surface area contributed by atoms with Gasteiger partial charge in [-0.15, -0.1) is 0 Å². The van der Waals surface area contributed by atoms with Crippen molar-refractivity contribution in [3.63, 3.8) is 0 Å².